The summed E-state index contributed by atoms with van der Waals surface area (Å²) in [6.45, 7) is 1.55. The van der Waals surface area contributed by atoms with E-state index in [1.165, 1.54) is 0 Å². The monoisotopic (exact) mass is 408 g/mol. The van der Waals surface area contributed by atoms with E-state index in [4.69, 9.17) is 11.6 Å². The Morgan fingerprint density at radius 2 is 2.12 bits per heavy atom. The zero-order chi connectivity index (χ0) is 18.3. The van der Waals surface area contributed by atoms with Crippen LogP contribution < -0.4 is 9.21 Å². The van der Waals surface area contributed by atoms with E-state index >= 15 is 0 Å². The summed E-state index contributed by atoms with van der Waals surface area (Å²) in [5, 5.41) is 9.65. The second-order valence-electron chi connectivity index (χ2n) is 6.47. The van der Waals surface area contributed by atoms with Crippen molar-refractivity contribution < 1.29 is 8.42 Å². The third-order valence-electron chi connectivity index (χ3n) is 4.98. The van der Waals surface area contributed by atoms with Gasteiger partial charge in [0.25, 0.3) is 0 Å². The fraction of sp³-hybridized carbons (Fsp3) is 0.412. The molecule has 1 aromatic carbocycles. The van der Waals surface area contributed by atoms with Gasteiger partial charge in [-0.1, -0.05) is 29.8 Å². The molecule has 0 aliphatic carbocycles. The SMILES string of the molecule is N#Cc1c(Cl)nsc1N1CCCC(S(=O)(=O)N2CCc3ccccc32)C1. The lowest BCUT2D eigenvalue weighted by atomic mass is 10.1. The highest BCUT2D eigenvalue weighted by molar-refractivity contribution is 7.93. The molecule has 1 aromatic heterocycles. The molecule has 0 amide bonds. The first-order chi connectivity index (χ1) is 12.5. The predicted octanol–water partition coefficient (Wildman–Crippen LogP) is 3.03. The average molecular weight is 409 g/mol. The summed E-state index contributed by atoms with van der Waals surface area (Å²) < 4.78 is 32.2. The van der Waals surface area contributed by atoms with E-state index in [9.17, 15) is 13.7 Å². The van der Waals surface area contributed by atoms with Crippen molar-refractivity contribution in [2.24, 2.45) is 0 Å². The Bertz CT molecular complexity index is 983. The Labute approximate surface area is 161 Å². The molecule has 4 rings (SSSR count). The van der Waals surface area contributed by atoms with Crippen LogP contribution in [0.15, 0.2) is 24.3 Å². The molecular formula is C17H17ClN4O2S2. The van der Waals surface area contributed by atoms with Crippen molar-refractivity contribution in [1.29, 1.82) is 5.26 Å². The maximum Gasteiger partial charge on any atom is 0.239 e. The number of hydrogen-bond donors (Lipinski definition) is 0. The van der Waals surface area contributed by atoms with E-state index in [1.807, 2.05) is 29.2 Å². The number of rotatable bonds is 3. The normalized spacial score (nSPS) is 20.1. The van der Waals surface area contributed by atoms with Crippen LogP contribution >= 0.6 is 23.1 Å². The van der Waals surface area contributed by atoms with Crippen LogP contribution in [0, 0.1) is 11.3 Å². The van der Waals surface area contributed by atoms with Crippen LogP contribution in [0.2, 0.25) is 5.15 Å². The van der Waals surface area contributed by atoms with E-state index in [0.29, 0.717) is 36.6 Å². The molecule has 136 valence electrons. The van der Waals surface area contributed by atoms with Crippen LogP contribution in [-0.2, 0) is 16.4 Å². The molecule has 1 saturated heterocycles. The molecule has 0 N–H and O–H groups in total. The third-order valence-corrected chi connectivity index (χ3v) is 8.49. The molecule has 2 aromatic rings. The number of hydrogen-bond acceptors (Lipinski definition) is 6. The zero-order valence-electron chi connectivity index (χ0n) is 13.9. The molecule has 0 radical (unpaired) electrons. The highest BCUT2D eigenvalue weighted by Gasteiger charge is 2.39. The van der Waals surface area contributed by atoms with Crippen molar-refractivity contribution in [2.75, 3.05) is 28.8 Å². The lowest BCUT2D eigenvalue weighted by Gasteiger charge is -2.35. The van der Waals surface area contributed by atoms with Gasteiger partial charge in [0, 0.05) is 19.6 Å². The number of sulfonamides is 1. The van der Waals surface area contributed by atoms with Crippen LogP contribution in [0.1, 0.15) is 24.0 Å². The second-order valence-corrected chi connectivity index (χ2v) is 9.72. The molecule has 6 nitrogen and oxygen atoms in total. The molecule has 0 spiro atoms. The molecule has 0 bridgehead atoms. The summed E-state index contributed by atoms with van der Waals surface area (Å²) in [6, 6.07) is 9.74. The molecule has 2 aliphatic heterocycles. The van der Waals surface area contributed by atoms with E-state index in [1.54, 1.807) is 4.31 Å². The van der Waals surface area contributed by atoms with E-state index in [2.05, 4.69) is 10.4 Å². The highest BCUT2D eigenvalue weighted by atomic mass is 35.5. The molecule has 9 heteroatoms. The minimum absolute atomic E-state index is 0.186. The molecule has 2 aliphatic rings. The van der Waals surface area contributed by atoms with Gasteiger partial charge >= 0.3 is 0 Å². The zero-order valence-corrected chi connectivity index (χ0v) is 16.3. The first-order valence-electron chi connectivity index (χ1n) is 8.42. The quantitative estimate of drug-likeness (QED) is 0.780. The summed E-state index contributed by atoms with van der Waals surface area (Å²) in [5.41, 5.74) is 2.20. The van der Waals surface area contributed by atoms with Gasteiger partial charge < -0.3 is 4.90 Å². The largest absolute Gasteiger partial charge is 0.360 e. The molecule has 26 heavy (non-hydrogen) atoms. The van der Waals surface area contributed by atoms with Crippen molar-refractivity contribution in [2.45, 2.75) is 24.5 Å². The summed E-state index contributed by atoms with van der Waals surface area (Å²) in [7, 11) is -3.47. The number of halogens is 1. The van der Waals surface area contributed by atoms with Crippen LogP contribution in [-0.4, -0.2) is 37.7 Å². The Morgan fingerprint density at radius 3 is 2.92 bits per heavy atom. The van der Waals surface area contributed by atoms with Crippen LogP contribution in [0.3, 0.4) is 0 Å². The predicted molar refractivity (Wildman–Crippen MR) is 103 cm³/mol. The van der Waals surface area contributed by atoms with Gasteiger partial charge in [-0.15, -0.1) is 0 Å². The van der Waals surface area contributed by atoms with Crippen molar-refractivity contribution in [1.82, 2.24) is 4.37 Å². The van der Waals surface area contributed by atoms with Crippen molar-refractivity contribution >= 4 is 43.8 Å². The summed E-state index contributed by atoms with van der Waals surface area (Å²) in [5.74, 6) is 0. The molecule has 1 atom stereocenters. The standard InChI is InChI=1S/C17H17ClN4O2S2/c18-16-14(10-19)17(25-20-16)21-8-3-5-13(11-21)26(23,24)22-9-7-12-4-1-2-6-15(12)22/h1-2,4,6,13H,3,5,7-9,11H2. The van der Waals surface area contributed by atoms with Gasteiger partial charge in [-0.3, -0.25) is 4.31 Å². The van der Waals surface area contributed by atoms with E-state index in [0.717, 1.165) is 35.6 Å². The summed E-state index contributed by atoms with van der Waals surface area (Å²) >= 11 is 7.13. The first-order valence-corrected chi connectivity index (χ1v) is 11.1. The smallest absolute Gasteiger partial charge is 0.239 e. The number of anilines is 2. The molecule has 1 fully saturated rings. The Kier molecular flexibility index (Phi) is 4.55. The van der Waals surface area contributed by atoms with Gasteiger partial charge in [-0.2, -0.15) is 9.64 Å². The van der Waals surface area contributed by atoms with Crippen molar-refractivity contribution in [3.63, 3.8) is 0 Å². The minimum Gasteiger partial charge on any atom is -0.360 e. The van der Waals surface area contributed by atoms with Crippen LogP contribution in [0.25, 0.3) is 0 Å². The van der Waals surface area contributed by atoms with Gasteiger partial charge in [-0.25, -0.2) is 8.42 Å². The number of benzene rings is 1. The third kappa shape index (κ3) is 2.84. The summed E-state index contributed by atoms with van der Waals surface area (Å²) in [6.07, 6.45) is 2.11. The van der Waals surface area contributed by atoms with Gasteiger partial charge in [0.1, 0.15) is 16.6 Å². The number of piperidine rings is 1. The second kappa shape index (κ2) is 6.72. The number of fused-ring (bicyclic) bond motifs is 1. The van der Waals surface area contributed by atoms with Gasteiger partial charge in [-0.05, 0) is 42.4 Å². The van der Waals surface area contributed by atoms with Gasteiger partial charge in [0.05, 0.1) is 10.9 Å². The molecular weight excluding hydrogens is 392 g/mol. The van der Waals surface area contributed by atoms with Gasteiger partial charge in [0.15, 0.2) is 5.15 Å². The van der Waals surface area contributed by atoms with Crippen molar-refractivity contribution in [3.05, 3.63) is 40.5 Å². The summed E-state index contributed by atoms with van der Waals surface area (Å²) in [4.78, 5) is 1.94. The maximum atomic E-state index is 13.3. The van der Waals surface area contributed by atoms with E-state index < -0.39 is 15.3 Å². The Balaban J connectivity index is 1.61. The first kappa shape index (κ1) is 17.6. The molecule has 3 heterocycles. The fourth-order valence-corrected chi connectivity index (χ4v) is 6.75. The number of aromatic nitrogens is 1. The van der Waals surface area contributed by atoms with E-state index in [-0.39, 0.29) is 5.15 Å². The van der Waals surface area contributed by atoms with Crippen LogP contribution in [0.4, 0.5) is 10.7 Å². The lowest BCUT2D eigenvalue weighted by Crippen LogP contribution is -2.47. The Hall–Kier alpha value is -1.82. The number of nitrogens with zero attached hydrogens (tertiary/aromatic N) is 4. The van der Waals surface area contributed by atoms with Crippen LogP contribution in [0.5, 0.6) is 0 Å². The minimum atomic E-state index is -3.47. The van der Waals surface area contributed by atoms with Gasteiger partial charge in [0.2, 0.25) is 10.0 Å². The highest BCUT2D eigenvalue weighted by Crippen LogP contribution is 2.36. The van der Waals surface area contributed by atoms with Crippen molar-refractivity contribution in [3.8, 4) is 6.07 Å². The fourth-order valence-electron chi connectivity index (χ4n) is 3.69. The number of nitriles is 1. The average Bonchev–Trinajstić information content (AvgIpc) is 3.25. The topological polar surface area (TPSA) is 77.3 Å². The molecule has 1 unspecified atom stereocenters. The molecule has 0 saturated carbocycles. The Morgan fingerprint density at radius 1 is 1.31 bits per heavy atom. The lowest BCUT2D eigenvalue weighted by molar-refractivity contribution is 0.530. The maximum absolute atomic E-state index is 13.3. The number of para-hydroxylation sites is 1.